The van der Waals surface area contributed by atoms with Crippen LogP contribution in [-0.2, 0) is 21.4 Å². The van der Waals surface area contributed by atoms with Gasteiger partial charge in [-0.05, 0) is 12.5 Å². The minimum Gasteiger partial charge on any atom is -0.351 e. The van der Waals surface area contributed by atoms with Gasteiger partial charge in [-0.25, -0.2) is 12.8 Å². The zero-order chi connectivity index (χ0) is 15.2. The summed E-state index contributed by atoms with van der Waals surface area (Å²) < 4.78 is 37.4. The molecule has 1 N–H and O–H groups in total. The van der Waals surface area contributed by atoms with Crippen LogP contribution in [0.4, 0.5) is 4.39 Å². The second kappa shape index (κ2) is 7.35. The summed E-state index contributed by atoms with van der Waals surface area (Å²) in [7, 11) is -3.41. The summed E-state index contributed by atoms with van der Waals surface area (Å²) in [5.41, 5.74) is 0.363. The molecule has 1 amide bonds. The fourth-order valence-corrected chi connectivity index (χ4v) is 2.53. The first kappa shape index (κ1) is 16.6. The normalized spacial score (nSPS) is 11.6. The van der Waals surface area contributed by atoms with Crippen molar-refractivity contribution in [1.29, 1.82) is 0 Å². The van der Waals surface area contributed by atoms with E-state index in [0.717, 1.165) is 10.6 Å². The van der Waals surface area contributed by atoms with Crippen molar-refractivity contribution in [3.05, 3.63) is 35.6 Å². The second-order valence-corrected chi connectivity index (χ2v) is 6.45. The molecule has 0 saturated carbocycles. The molecule has 112 valence electrons. The Morgan fingerprint density at radius 2 is 2.00 bits per heavy atom. The standard InChI is InChI=1S/C13H19FN2O3S/c1-3-8-16(20(2,18)19)10-13(17)15-9-11-6-4-5-7-12(11)14/h4-7H,3,8-10H2,1-2H3,(H,15,17). The van der Waals surface area contributed by atoms with Crippen LogP contribution in [-0.4, -0.2) is 38.0 Å². The molecule has 7 heteroatoms. The van der Waals surface area contributed by atoms with Crippen molar-refractivity contribution < 1.29 is 17.6 Å². The first-order chi connectivity index (χ1) is 9.34. The lowest BCUT2D eigenvalue weighted by molar-refractivity contribution is -0.121. The Hall–Kier alpha value is -1.47. The Morgan fingerprint density at radius 1 is 1.35 bits per heavy atom. The van der Waals surface area contributed by atoms with E-state index in [1.54, 1.807) is 18.2 Å². The van der Waals surface area contributed by atoms with E-state index in [4.69, 9.17) is 0 Å². The summed E-state index contributed by atoms with van der Waals surface area (Å²) in [5.74, 6) is -0.853. The topological polar surface area (TPSA) is 66.5 Å². The van der Waals surface area contributed by atoms with Crippen LogP contribution in [0, 0.1) is 5.82 Å². The van der Waals surface area contributed by atoms with E-state index in [-0.39, 0.29) is 19.6 Å². The van der Waals surface area contributed by atoms with Crippen LogP contribution in [0.15, 0.2) is 24.3 Å². The van der Waals surface area contributed by atoms with Crippen molar-refractivity contribution in [1.82, 2.24) is 9.62 Å². The van der Waals surface area contributed by atoms with E-state index < -0.39 is 21.7 Å². The molecule has 1 rings (SSSR count). The number of amides is 1. The first-order valence-electron chi connectivity index (χ1n) is 6.29. The Kier molecular flexibility index (Phi) is 6.09. The lowest BCUT2D eigenvalue weighted by atomic mass is 10.2. The maximum Gasteiger partial charge on any atom is 0.235 e. The van der Waals surface area contributed by atoms with Gasteiger partial charge in [0.2, 0.25) is 15.9 Å². The molecule has 5 nitrogen and oxygen atoms in total. The molecule has 0 heterocycles. The number of halogens is 1. The number of hydrogen-bond donors (Lipinski definition) is 1. The van der Waals surface area contributed by atoms with Crippen LogP contribution in [0.1, 0.15) is 18.9 Å². The van der Waals surface area contributed by atoms with Gasteiger partial charge in [-0.15, -0.1) is 0 Å². The molecule has 0 atom stereocenters. The molecule has 0 saturated heterocycles. The highest BCUT2D eigenvalue weighted by Gasteiger charge is 2.18. The van der Waals surface area contributed by atoms with Crippen molar-refractivity contribution in [3.63, 3.8) is 0 Å². The lowest BCUT2D eigenvalue weighted by Gasteiger charge is -2.18. The zero-order valence-corrected chi connectivity index (χ0v) is 12.4. The highest BCUT2D eigenvalue weighted by molar-refractivity contribution is 7.88. The Labute approximate surface area is 118 Å². The second-order valence-electron chi connectivity index (χ2n) is 4.46. The van der Waals surface area contributed by atoms with Crippen LogP contribution < -0.4 is 5.32 Å². The van der Waals surface area contributed by atoms with Gasteiger partial charge < -0.3 is 5.32 Å². The molecule has 0 radical (unpaired) electrons. The summed E-state index contributed by atoms with van der Waals surface area (Å²) in [5, 5.41) is 2.52. The highest BCUT2D eigenvalue weighted by Crippen LogP contribution is 2.05. The molecular weight excluding hydrogens is 283 g/mol. The first-order valence-corrected chi connectivity index (χ1v) is 8.14. The average Bonchev–Trinajstić information content (AvgIpc) is 2.36. The molecule has 0 bridgehead atoms. The Morgan fingerprint density at radius 3 is 2.55 bits per heavy atom. The van der Waals surface area contributed by atoms with Crippen molar-refractivity contribution in [2.45, 2.75) is 19.9 Å². The van der Waals surface area contributed by atoms with Crippen molar-refractivity contribution in [3.8, 4) is 0 Å². The van der Waals surface area contributed by atoms with Crippen molar-refractivity contribution >= 4 is 15.9 Å². The van der Waals surface area contributed by atoms with Gasteiger partial charge >= 0.3 is 0 Å². The highest BCUT2D eigenvalue weighted by atomic mass is 32.2. The van der Waals surface area contributed by atoms with Gasteiger partial charge in [0.15, 0.2) is 0 Å². The van der Waals surface area contributed by atoms with E-state index in [9.17, 15) is 17.6 Å². The minimum absolute atomic E-state index is 0.0369. The predicted molar refractivity (Wildman–Crippen MR) is 75.0 cm³/mol. The number of benzene rings is 1. The van der Waals surface area contributed by atoms with Gasteiger partial charge in [-0.1, -0.05) is 25.1 Å². The van der Waals surface area contributed by atoms with E-state index in [0.29, 0.717) is 12.0 Å². The molecule has 0 unspecified atom stereocenters. The third-order valence-electron chi connectivity index (χ3n) is 2.70. The van der Waals surface area contributed by atoms with Gasteiger partial charge in [0.1, 0.15) is 5.82 Å². The number of carbonyl (C=O) groups excluding carboxylic acids is 1. The fraction of sp³-hybridized carbons (Fsp3) is 0.462. The molecule has 0 spiro atoms. The maximum absolute atomic E-state index is 13.4. The quantitative estimate of drug-likeness (QED) is 0.820. The Bertz CT molecular complexity index is 560. The predicted octanol–water partition coefficient (Wildman–Crippen LogP) is 1.11. The molecule has 0 fully saturated rings. The van der Waals surface area contributed by atoms with Gasteiger partial charge in [0.25, 0.3) is 0 Å². The summed E-state index contributed by atoms with van der Waals surface area (Å²) in [4.78, 5) is 11.7. The largest absolute Gasteiger partial charge is 0.351 e. The van der Waals surface area contributed by atoms with Gasteiger partial charge in [0, 0.05) is 18.7 Å². The molecule has 0 aliphatic rings. The third kappa shape index (κ3) is 5.26. The zero-order valence-electron chi connectivity index (χ0n) is 11.6. The van der Waals surface area contributed by atoms with Gasteiger partial charge in [0.05, 0.1) is 12.8 Å². The summed E-state index contributed by atoms with van der Waals surface area (Å²) in [6.07, 6.45) is 1.68. The number of hydrogen-bond acceptors (Lipinski definition) is 3. The van der Waals surface area contributed by atoms with Crippen LogP contribution in [0.5, 0.6) is 0 Å². The SMILES string of the molecule is CCCN(CC(=O)NCc1ccccc1F)S(C)(=O)=O. The van der Waals surface area contributed by atoms with E-state index >= 15 is 0 Å². The number of carbonyl (C=O) groups is 1. The summed E-state index contributed by atoms with van der Waals surface area (Å²) in [6, 6.07) is 6.11. The van der Waals surface area contributed by atoms with Gasteiger partial charge in [-0.2, -0.15) is 4.31 Å². The van der Waals surface area contributed by atoms with Crippen LogP contribution in [0.3, 0.4) is 0 Å². The third-order valence-corrected chi connectivity index (χ3v) is 3.95. The number of nitrogens with zero attached hydrogens (tertiary/aromatic N) is 1. The van der Waals surface area contributed by atoms with Crippen molar-refractivity contribution in [2.24, 2.45) is 0 Å². The number of sulfonamides is 1. The minimum atomic E-state index is -3.41. The molecule has 20 heavy (non-hydrogen) atoms. The fourth-order valence-electron chi connectivity index (χ4n) is 1.66. The summed E-state index contributed by atoms with van der Waals surface area (Å²) >= 11 is 0. The number of rotatable bonds is 7. The molecule has 1 aromatic carbocycles. The van der Waals surface area contributed by atoms with Crippen LogP contribution in [0.2, 0.25) is 0 Å². The molecule has 0 aliphatic heterocycles. The van der Waals surface area contributed by atoms with Crippen LogP contribution in [0.25, 0.3) is 0 Å². The van der Waals surface area contributed by atoms with Crippen molar-refractivity contribution in [2.75, 3.05) is 19.3 Å². The maximum atomic E-state index is 13.4. The molecule has 0 aromatic heterocycles. The number of nitrogens with one attached hydrogen (secondary N) is 1. The summed E-state index contributed by atoms with van der Waals surface area (Å²) in [6.45, 7) is 1.90. The van der Waals surface area contributed by atoms with Crippen LogP contribution >= 0.6 is 0 Å². The average molecular weight is 302 g/mol. The smallest absolute Gasteiger partial charge is 0.235 e. The monoisotopic (exact) mass is 302 g/mol. The Balaban J connectivity index is 2.57. The lowest BCUT2D eigenvalue weighted by Crippen LogP contribution is -2.40. The van der Waals surface area contributed by atoms with E-state index in [1.807, 2.05) is 6.92 Å². The molecular formula is C13H19FN2O3S. The van der Waals surface area contributed by atoms with E-state index in [2.05, 4.69) is 5.32 Å². The molecule has 0 aliphatic carbocycles. The van der Waals surface area contributed by atoms with Gasteiger partial charge in [-0.3, -0.25) is 4.79 Å². The molecule has 1 aromatic rings. The van der Waals surface area contributed by atoms with E-state index in [1.165, 1.54) is 6.07 Å².